The van der Waals surface area contributed by atoms with Gasteiger partial charge in [-0.1, -0.05) is 23.3 Å². The predicted molar refractivity (Wildman–Crippen MR) is 80.3 cm³/mol. The van der Waals surface area contributed by atoms with Gasteiger partial charge < -0.3 is 4.84 Å². The maximum Gasteiger partial charge on any atom is 0.343 e. The molecule has 0 bridgehead atoms. The lowest BCUT2D eigenvalue weighted by atomic mass is 9.86. The fraction of sp³-hybridized carbons (Fsp3) is 0.176. The molecular formula is C17H14N2O4. The SMILES string of the molecule is CC(C)(C(=O)ON1C(=O)c2ccccc2C1=O)c1cccnc1. The fourth-order valence-electron chi connectivity index (χ4n) is 2.30. The highest BCUT2D eigenvalue weighted by Crippen LogP contribution is 2.28. The summed E-state index contributed by atoms with van der Waals surface area (Å²) in [6.45, 7) is 3.29. The van der Waals surface area contributed by atoms with Gasteiger partial charge in [0.1, 0.15) is 0 Å². The molecule has 0 atom stereocenters. The zero-order valence-electron chi connectivity index (χ0n) is 12.6. The smallest absolute Gasteiger partial charge is 0.329 e. The lowest BCUT2D eigenvalue weighted by Gasteiger charge is -2.24. The molecule has 2 heterocycles. The first-order valence-corrected chi connectivity index (χ1v) is 7.03. The van der Waals surface area contributed by atoms with Crippen LogP contribution in [0.5, 0.6) is 0 Å². The molecule has 0 saturated heterocycles. The third-order valence-electron chi connectivity index (χ3n) is 3.82. The Morgan fingerprint density at radius 2 is 1.65 bits per heavy atom. The molecule has 3 rings (SSSR count). The van der Waals surface area contributed by atoms with Crippen LogP contribution in [0.2, 0.25) is 0 Å². The highest BCUT2D eigenvalue weighted by molar-refractivity contribution is 6.21. The number of hydrogen-bond donors (Lipinski definition) is 0. The summed E-state index contributed by atoms with van der Waals surface area (Å²) in [6, 6.07) is 9.78. The lowest BCUT2D eigenvalue weighted by molar-refractivity contribution is -0.174. The van der Waals surface area contributed by atoms with Crippen LogP contribution < -0.4 is 0 Å². The third kappa shape index (κ3) is 2.38. The van der Waals surface area contributed by atoms with E-state index >= 15 is 0 Å². The van der Waals surface area contributed by atoms with Crippen molar-refractivity contribution in [2.24, 2.45) is 0 Å². The van der Waals surface area contributed by atoms with Gasteiger partial charge in [0.2, 0.25) is 0 Å². The fourth-order valence-corrected chi connectivity index (χ4v) is 2.30. The maximum atomic E-state index is 12.5. The molecule has 0 saturated carbocycles. The quantitative estimate of drug-likeness (QED) is 0.812. The van der Waals surface area contributed by atoms with Crippen LogP contribution in [-0.2, 0) is 15.0 Å². The summed E-state index contributed by atoms with van der Waals surface area (Å²) in [5.41, 5.74) is 0.0272. The zero-order chi connectivity index (χ0) is 16.6. The van der Waals surface area contributed by atoms with Gasteiger partial charge in [0.15, 0.2) is 0 Å². The number of fused-ring (bicyclic) bond motifs is 1. The minimum atomic E-state index is -1.05. The average Bonchev–Trinajstić information content (AvgIpc) is 2.81. The standard InChI is InChI=1S/C17H14N2O4/c1-17(2,11-6-5-9-18-10-11)16(22)23-19-14(20)12-7-3-4-8-13(12)15(19)21/h3-10H,1-2H3. The van der Waals surface area contributed by atoms with E-state index in [0.29, 0.717) is 10.6 Å². The van der Waals surface area contributed by atoms with Gasteiger partial charge in [0.25, 0.3) is 11.8 Å². The molecule has 6 heteroatoms. The second kappa shape index (κ2) is 5.31. The highest BCUT2D eigenvalue weighted by Gasteiger charge is 2.42. The lowest BCUT2D eigenvalue weighted by Crippen LogP contribution is -2.40. The molecule has 1 aromatic heterocycles. The van der Waals surface area contributed by atoms with E-state index in [9.17, 15) is 14.4 Å². The van der Waals surface area contributed by atoms with Crippen molar-refractivity contribution in [3.8, 4) is 0 Å². The molecule has 0 N–H and O–H groups in total. The summed E-state index contributed by atoms with van der Waals surface area (Å²) < 4.78 is 0. The Labute approximate surface area is 132 Å². The van der Waals surface area contributed by atoms with E-state index in [1.165, 1.54) is 12.1 Å². The van der Waals surface area contributed by atoms with Crippen LogP contribution in [0.4, 0.5) is 0 Å². The van der Waals surface area contributed by atoms with E-state index in [4.69, 9.17) is 4.84 Å². The highest BCUT2D eigenvalue weighted by atomic mass is 16.7. The topological polar surface area (TPSA) is 76.6 Å². The Balaban J connectivity index is 1.85. The summed E-state index contributed by atoms with van der Waals surface area (Å²) in [7, 11) is 0. The number of hydroxylamine groups is 2. The number of carbonyl (C=O) groups excluding carboxylic acids is 3. The van der Waals surface area contributed by atoms with Crippen molar-refractivity contribution in [3.63, 3.8) is 0 Å². The van der Waals surface area contributed by atoms with E-state index in [2.05, 4.69) is 4.98 Å². The van der Waals surface area contributed by atoms with Crippen LogP contribution in [0, 0.1) is 0 Å². The largest absolute Gasteiger partial charge is 0.343 e. The van der Waals surface area contributed by atoms with Crippen molar-refractivity contribution in [1.29, 1.82) is 0 Å². The predicted octanol–water partition coefficient (Wildman–Crippen LogP) is 2.11. The molecule has 116 valence electrons. The van der Waals surface area contributed by atoms with Crippen molar-refractivity contribution in [3.05, 3.63) is 65.5 Å². The van der Waals surface area contributed by atoms with Gasteiger partial charge in [0.05, 0.1) is 16.5 Å². The first-order valence-electron chi connectivity index (χ1n) is 7.03. The number of benzene rings is 1. The molecule has 0 spiro atoms. The molecule has 2 amide bonds. The third-order valence-corrected chi connectivity index (χ3v) is 3.82. The van der Waals surface area contributed by atoms with Crippen LogP contribution in [0.3, 0.4) is 0 Å². The Morgan fingerprint density at radius 3 is 2.17 bits per heavy atom. The molecular weight excluding hydrogens is 296 g/mol. The van der Waals surface area contributed by atoms with Crippen LogP contribution in [0.15, 0.2) is 48.8 Å². The van der Waals surface area contributed by atoms with Gasteiger partial charge in [0, 0.05) is 12.4 Å². The van der Waals surface area contributed by atoms with Gasteiger partial charge in [-0.2, -0.15) is 0 Å². The number of nitrogens with zero attached hydrogens (tertiary/aromatic N) is 2. The van der Waals surface area contributed by atoms with Crippen molar-refractivity contribution in [2.45, 2.75) is 19.3 Å². The van der Waals surface area contributed by atoms with Crippen LogP contribution >= 0.6 is 0 Å². The van der Waals surface area contributed by atoms with Crippen molar-refractivity contribution in [1.82, 2.24) is 10.0 Å². The maximum absolute atomic E-state index is 12.5. The molecule has 23 heavy (non-hydrogen) atoms. The summed E-state index contributed by atoms with van der Waals surface area (Å²) in [5, 5.41) is 0.519. The van der Waals surface area contributed by atoms with Gasteiger partial charge in [-0.3, -0.25) is 14.6 Å². The van der Waals surface area contributed by atoms with E-state index in [-0.39, 0.29) is 11.1 Å². The summed E-state index contributed by atoms with van der Waals surface area (Å²) in [4.78, 5) is 46.0. The number of carbonyl (C=O) groups is 3. The van der Waals surface area contributed by atoms with E-state index in [0.717, 1.165) is 0 Å². The summed E-state index contributed by atoms with van der Waals surface area (Å²) in [5.74, 6) is -1.98. The molecule has 0 radical (unpaired) electrons. The van der Waals surface area contributed by atoms with E-state index in [1.807, 2.05) is 0 Å². The number of aromatic nitrogens is 1. The Hall–Kier alpha value is -3.02. The Kier molecular flexibility index (Phi) is 3.44. The molecule has 2 aromatic rings. The second-order valence-corrected chi connectivity index (χ2v) is 5.70. The normalized spacial score (nSPS) is 13.9. The second-order valence-electron chi connectivity index (χ2n) is 5.70. The van der Waals surface area contributed by atoms with Crippen molar-refractivity contribution in [2.75, 3.05) is 0 Å². The van der Waals surface area contributed by atoms with Gasteiger partial charge in [-0.15, -0.1) is 0 Å². The molecule has 0 unspecified atom stereocenters. The summed E-state index contributed by atoms with van der Waals surface area (Å²) in [6.07, 6.45) is 3.14. The minimum absolute atomic E-state index is 0.226. The Bertz CT molecular complexity index is 764. The monoisotopic (exact) mass is 310 g/mol. The number of pyridine rings is 1. The number of rotatable bonds is 3. The molecule has 1 aliphatic heterocycles. The first-order chi connectivity index (χ1) is 10.9. The van der Waals surface area contributed by atoms with E-state index in [1.54, 1.807) is 50.5 Å². The van der Waals surface area contributed by atoms with Gasteiger partial charge >= 0.3 is 5.97 Å². The summed E-state index contributed by atoms with van der Waals surface area (Å²) >= 11 is 0. The van der Waals surface area contributed by atoms with Crippen LogP contribution in [0.25, 0.3) is 0 Å². The van der Waals surface area contributed by atoms with Crippen molar-refractivity contribution < 1.29 is 19.2 Å². The molecule has 1 aliphatic rings. The molecule has 6 nitrogen and oxygen atoms in total. The first kappa shape index (κ1) is 14.9. The number of imide groups is 1. The Morgan fingerprint density at radius 1 is 1.04 bits per heavy atom. The molecule has 0 aliphatic carbocycles. The minimum Gasteiger partial charge on any atom is -0.329 e. The molecule has 0 fully saturated rings. The molecule has 1 aromatic carbocycles. The van der Waals surface area contributed by atoms with E-state index < -0.39 is 23.2 Å². The van der Waals surface area contributed by atoms with Gasteiger partial charge in [-0.05, 0) is 37.6 Å². The zero-order valence-corrected chi connectivity index (χ0v) is 12.6. The van der Waals surface area contributed by atoms with Crippen LogP contribution in [0.1, 0.15) is 40.1 Å². The van der Waals surface area contributed by atoms with Crippen LogP contribution in [-0.4, -0.2) is 27.8 Å². The van der Waals surface area contributed by atoms with Gasteiger partial charge in [-0.25, -0.2) is 4.79 Å². The van der Waals surface area contributed by atoms with Crippen molar-refractivity contribution >= 4 is 17.8 Å². The number of amides is 2. The number of hydrogen-bond acceptors (Lipinski definition) is 5. The average molecular weight is 310 g/mol.